The van der Waals surface area contributed by atoms with E-state index in [0.717, 1.165) is 22.6 Å². The molecular weight excluding hydrogens is 264 g/mol. The van der Waals surface area contributed by atoms with Gasteiger partial charge >= 0.3 is 0 Å². The Balaban J connectivity index is 1.68. The second-order valence-electron chi connectivity index (χ2n) is 5.14. The molecule has 0 aromatic heterocycles. The van der Waals surface area contributed by atoms with Crippen LogP contribution in [0.1, 0.15) is 15.9 Å². The SMILES string of the molecule is O=C1NC(C2=Cc3ccccc3OC2)Nc2ccccc21. The van der Waals surface area contributed by atoms with Gasteiger partial charge in [0.15, 0.2) is 0 Å². The fourth-order valence-electron chi connectivity index (χ4n) is 2.69. The molecule has 1 amide bonds. The first kappa shape index (κ1) is 12.0. The van der Waals surface area contributed by atoms with Gasteiger partial charge in [0.25, 0.3) is 5.91 Å². The molecule has 4 nitrogen and oxygen atoms in total. The molecule has 2 N–H and O–H groups in total. The van der Waals surface area contributed by atoms with E-state index in [1.165, 1.54) is 0 Å². The van der Waals surface area contributed by atoms with E-state index in [-0.39, 0.29) is 12.1 Å². The van der Waals surface area contributed by atoms with Crippen LogP contribution in [0.5, 0.6) is 5.75 Å². The minimum atomic E-state index is -0.235. The molecule has 2 aliphatic rings. The molecule has 0 radical (unpaired) electrons. The van der Waals surface area contributed by atoms with Crippen molar-refractivity contribution < 1.29 is 9.53 Å². The number of benzene rings is 2. The van der Waals surface area contributed by atoms with Crippen LogP contribution in [0.4, 0.5) is 5.69 Å². The average Bonchev–Trinajstić information content (AvgIpc) is 2.54. The summed E-state index contributed by atoms with van der Waals surface area (Å²) in [5.41, 5.74) is 3.57. The van der Waals surface area contributed by atoms with E-state index < -0.39 is 0 Å². The van der Waals surface area contributed by atoms with Crippen molar-refractivity contribution in [2.75, 3.05) is 11.9 Å². The summed E-state index contributed by atoms with van der Waals surface area (Å²) < 4.78 is 5.75. The number of para-hydroxylation sites is 2. The number of ether oxygens (including phenoxy) is 1. The summed E-state index contributed by atoms with van der Waals surface area (Å²) in [6.45, 7) is 0.469. The van der Waals surface area contributed by atoms with Gasteiger partial charge in [0, 0.05) is 16.8 Å². The molecule has 0 bridgehead atoms. The highest BCUT2D eigenvalue weighted by Crippen LogP contribution is 2.29. The molecule has 1 atom stereocenters. The maximum atomic E-state index is 12.2. The molecule has 0 saturated heterocycles. The van der Waals surface area contributed by atoms with Crippen molar-refractivity contribution in [2.45, 2.75) is 6.17 Å². The van der Waals surface area contributed by atoms with Crippen molar-refractivity contribution in [3.8, 4) is 5.75 Å². The largest absolute Gasteiger partial charge is 0.488 e. The maximum Gasteiger partial charge on any atom is 0.255 e. The first-order chi connectivity index (χ1) is 10.3. The van der Waals surface area contributed by atoms with E-state index in [1.807, 2.05) is 48.5 Å². The zero-order valence-corrected chi connectivity index (χ0v) is 11.3. The van der Waals surface area contributed by atoms with Crippen LogP contribution in [0, 0.1) is 0 Å². The number of carbonyl (C=O) groups is 1. The van der Waals surface area contributed by atoms with Crippen molar-refractivity contribution in [3.63, 3.8) is 0 Å². The molecule has 2 aromatic rings. The number of hydrogen-bond acceptors (Lipinski definition) is 3. The Hall–Kier alpha value is -2.75. The molecule has 4 rings (SSSR count). The first-order valence-corrected chi connectivity index (χ1v) is 6.90. The van der Waals surface area contributed by atoms with Gasteiger partial charge in [0.05, 0.1) is 5.56 Å². The van der Waals surface area contributed by atoms with Crippen molar-refractivity contribution in [1.82, 2.24) is 5.32 Å². The van der Waals surface area contributed by atoms with E-state index in [1.54, 1.807) is 0 Å². The molecule has 2 heterocycles. The Morgan fingerprint density at radius 2 is 1.81 bits per heavy atom. The zero-order valence-electron chi connectivity index (χ0n) is 11.3. The second-order valence-corrected chi connectivity index (χ2v) is 5.14. The topological polar surface area (TPSA) is 50.4 Å². The van der Waals surface area contributed by atoms with Gasteiger partial charge in [0.2, 0.25) is 0 Å². The van der Waals surface area contributed by atoms with Crippen LogP contribution in [-0.2, 0) is 0 Å². The maximum absolute atomic E-state index is 12.2. The standard InChI is InChI=1S/C17H14N2O2/c20-17-13-6-2-3-7-14(13)18-16(19-17)12-9-11-5-1-4-8-15(11)21-10-12/h1-9,16,18H,10H2,(H,19,20). The van der Waals surface area contributed by atoms with Gasteiger partial charge in [-0.25, -0.2) is 0 Å². The Bertz CT molecular complexity index is 752. The predicted molar refractivity (Wildman–Crippen MR) is 81.2 cm³/mol. The third kappa shape index (κ3) is 2.05. The van der Waals surface area contributed by atoms with Gasteiger partial charge in [-0.3, -0.25) is 4.79 Å². The summed E-state index contributed by atoms with van der Waals surface area (Å²) in [5, 5.41) is 6.32. The zero-order chi connectivity index (χ0) is 14.2. The van der Waals surface area contributed by atoms with Crippen molar-refractivity contribution in [1.29, 1.82) is 0 Å². The predicted octanol–water partition coefficient (Wildman–Crippen LogP) is 2.64. The lowest BCUT2D eigenvalue weighted by Gasteiger charge is -2.31. The smallest absolute Gasteiger partial charge is 0.255 e. The summed E-state index contributed by atoms with van der Waals surface area (Å²) in [6.07, 6.45) is 1.84. The van der Waals surface area contributed by atoms with Crippen molar-refractivity contribution >= 4 is 17.7 Å². The molecule has 21 heavy (non-hydrogen) atoms. The van der Waals surface area contributed by atoms with Gasteiger partial charge in [-0.05, 0) is 24.3 Å². The minimum Gasteiger partial charge on any atom is -0.488 e. The number of carbonyl (C=O) groups excluding carboxylic acids is 1. The fourth-order valence-corrected chi connectivity index (χ4v) is 2.69. The van der Waals surface area contributed by atoms with Gasteiger partial charge < -0.3 is 15.4 Å². The van der Waals surface area contributed by atoms with Crippen molar-refractivity contribution in [2.24, 2.45) is 0 Å². The second kappa shape index (κ2) is 4.66. The van der Waals surface area contributed by atoms with Crippen LogP contribution in [0.15, 0.2) is 54.1 Å². The Labute approximate surface area is 122 Å². The molecule has 4 heteroatoms. The number of amides is 1. The van der Waals surface area contributed by atoms with Crippen LogP contribution < -0.4 is 15.4 Å². The van der Waals surface area contributed by atoms with Gasteiger partial charge in [-0.15, -0.1) is 0 Å². The van der Waals surface area contributed by atoms with Crippen LogP contribution in [0.25, 0.3) is 6.08 Å². The van der Waals surface area contributed by atoms with E-state index in [4.69, 9.17) is 4.74 Å². The lowest BCUT2D eigenvalue weighted by Crippen LogP contribution is -2.47. The van der Waals surface area contributed by atoms with E-state index in [0.29, 0.717) is 12.2 Å². The summed E-state index contributed by atoms with van der Waals surface area (Å²) in [4.78, 5) is 12.2. The van der Waals surface area contributed by atoms with Crippen LogP contribution >= 0.6 is 0 Å². The summed E-state index contributed by atoms with van der Waals surface area (Å²) in [6, 6.07) is 15.4. The number of anilines is 1. The summed E-state index contributed by atoms with van der Waals surface area (Å²) in [5.74, 6) is 0.817. The highest BCUT2D eigenvalue weighted by atomic mass is 16.5. The molecule has 0 saturated carbocycles. The number of nitrogens with one attached hydrogen (secondary N) is 2. The van der Waals surface area contributed by atoms with Crippen LogP contribution in [-0.4, -0.2) is 18.7 Å². The lowest BCUT2D eigenvalue weighted by molar-refractivity contribution is 0.0940. The molecule has 0 spiro atoms. The van der Waals surface area contributed by atoms with Gasteiger partial charge in [0.1, 0.15) is 18.5 Å². The first-order valence-electron chi connectivity index (χ1n) is 6.90. The fraction of sp³-hybridized carbons (Fsp3) is 0.118. The normalized spacial score (nSPS) is 19.3. The summed E-state index contributed by atoms with van der Waals surface area (Å²) >= 11 is 0. The molecule has 104 valence electrons. The molecule has 1 unspecified atom stereocenters. The molecule has 0 aliphatic carbocycles. The van der Waals surface area contributed by atoms with Crippen LogP contribution in [0.2, 0.25) is 0 Å². The van der Waals surface area contributed by atoms with Crippen LogP contribution in [0.3, 0.4) is 0 Å². The third-order valence-corrected chi connectivity index (χ3v) is 3.77. The number of hydrogen-bond donors (Lipinski definition) is 2. The monoisotopic (exact) mass is 278 g/mol. The Kier molecular flexibility index (Phi) is 2.67. The molecule has 2 aliphatic heterocycles. The highest BCUT2D eigenvalue weighted by Gasteiger charge is 2.27. The quantitative estimate of drug-likeness (QED) is 0.843. The van der Waals surface area contributed by atoms with Gasteiger partial charge in [-0.1, -0.05) is 30.3 Å². The van der Waals surface area contributed by atoms with Gasteiger partial charge in [-0.2, -0.15) is 0 Å². The van der Waals surface area contributed by atoms with E-state index in [2.05, 4.69) is 16.7 Å². The molecular formula is C17H14N2O2. The number of fused-ring (bicyclic) bond motifs is 2. The minimum absolute atomic E-state index is 0.0610. The highest BCUT2D eigenvalue weighted by molar-refractivity contribution is 6.02. The molecule has 0 fully saturated rings. The Morgan fingerprint density at radius 3 is 2.76 bits per heavy atom. The average molecular weight is 278 g/mol. The Morgan fingerprint density at radius 1 is 1.00 bits per heavy atom. The third-order valence-electron chi connectivity index (χ3n) is 3.77. The van der Waals surface area contributed by atoms with E-state index >= 15 is 0 Å². The summed E-state index contributed by atoms with van der Waals surface area (Å²) in [7, 11) is 0. The van der Waals surface area contributed by atoms with E-state index in [9.17, 15) is 4.79 Å². The lowest BCUT2D eigenvalue weighted by atomic mass is 10.0. The number of rotatable bonds is 1. The van der Waals surface area contributed by atoms with Crippen molar-refractivity contribution in [3.05, 3.63) is 65.2 Å². The molecule has 2 aromatic carbocycles.